The molecule has 1 spiro atoms. The highest BCUT2D eigenvalue weighted by molar-refractivity contribution is 5.88. The Balaban J connectivity index is 1.87. The van der Waals surface area contributed by atoms with E-state index in [0.29, 0.717) is 0 Å². The molecule has 4 aromatic carbocycles. The first-order valence-corrected chi connectivity index (χ1v) is 8.79. The van der Waals surface area contributed by atoms with Gasteiger partial charge in [-0.25, -0.2) is 0 Å². The zero-order chi connectivity index (χ0) is 17.1. The van der Waals surface area contributed by atoms with Crippen LogP contribution in [0.3, 0.4) is 0 Å². The molecule has 6 rings (SSSR count). The molecular weight excluding hydrogens is 316 g/mol. The summed E-state index contributed by atoms with van der Waals surface area (Å²) in [6, 6.07) is 36.0. The summed E-state index contributed by atoms with van der Waals surface area (Å²) >= 11 is 0. The standard InChI is InChI=1S/C25H14O/c1-3-11-19-17(9-1)18-10-2-4-12-20(18)25(19)21-13-5-7-15-23(21)26-24-16-8-6-14-22(24)25/h1-2,5-16H. The molecule has 1 aliphatic carbocycles. The van der Waals surface area contributed by atoms with Crippen LogP contribution in [0.2, 0.25) is 0 Å². The van der Waals surface area contributed by atoms with Crippen LogP contribution in [-0.4, -0.2) is 0 Å². The second-order valence-electron chi connectivity index (χ2n) is 6.79. The summed E-state index contributed by atoms with van der Waals surface area (Å²) in [4.78, 5) is 0. The minimum atomic E-state index is -0.383. The maximum Gasteiger partial charge on any atom is 0.132 e. The topological polar surface area (TPSA) is 9.23 Å². The predicted octanol–water partition coefficient (Wildman–Crippen LogP) is 5.76. The van der Waals surface area contributed by atoms with E-state index >= 15 is 0 Å². The number of hydrogen-bond acceptors (Lipinski definition) is 1. The molecule has 2 radical (unpaired) electrons. The minimum Gasteiger partial charge on any atom is -0.457 e. The van der Waals surface area contributed by atoms with Crippen LogP contribution >= 0.6 is 0 Å². The lowest BCUT2D eigenvalue weighted by Crippen LogP contribution is -2.32. The van der Waals surface area contributed by atoms with Gasteiger partial charge in [-0.3, -0.25) is 0 Å². The van der Waals surface area contributed by atoms with E-state index in [1.807, 2.05) is 24.3 Å². The molecule has 1 aliphatic heterocycles. The average molecular weight is 330 g/mol. The fourth-order valence-electron chi connectivity index (χ4n) is 4.67. The lowest BCUT2D eigenvalue weighted by Gasteiger charge is -2.39. The molecule has 0 saturated heterocycles. The lowest BCUT2D eigenvalue weighted by molar-refractivity contribution is 0.436. The summed E-state index contributed by atoms with van der Waals surface area (Å²) in [5, 5.41) is 0. The van der Waals surface area contributed by atoms with Crippen LogP contribution in [0.15, 0.2) is 84.9 Å². The van der Waals surface area contributed by atoms with Crippen molar-refractivity contribution in [1.29, 1.82) is 0 Å². The van der Waals surface area contributed by atoms with E-state index in [4.69, 9.17) is 4.74 Å². The molecule has 0 atom stereocenters. The Morgan fingerprint density at radius 1 is 0.577 bits per heavy atom. The third kappa shape index (κ3) is 1.52. The monoisotopic (exact) mass is 330 g/mol. The van der Waals surface area contributed by atoms with Gasteiger partial charge in [0.15, 0.2) is 0 Å². The van der Waals surface area contributed by atoms with Crippen LogP contribution in [0.25, 0.3) is 11.1 Å². The summed E-state index contributed by atoms with van der Waals surface area (Å²) in [5.74, 6) is 1.83. The number of fused-ring (bicyclic) bond motifs is 9. The van der Waals surface area contributed by atoms with E-state index in [2.05, 4.69) is 72.8 Å². The largest absolute Gasteiger partial charge is 0.457 e. The van der Waals surface area contributed by atoms with Crippen molar-refractivity contribution in [2.45, 2.75) is 5.41 Å². The molecule has 1 nitrogen and oxygen atoms in total. The fourth-order valence-corrected chi connectivity index (χ4v) is 4.67. The van der Waals surface area contributed by atoms with Gasteiger partial charge in [0, 0.05) is 11.1 Å². The van der Waals surface area contributed by atoms with Crippen molar-refractivity contribution in [3.05, 3.63) is 119 Å². The van der Waals surface area contributed by atoms with Crippen molar-refractivity contribution >= 4 is 0 Å². The van der Waals surface area contributed by atoms with Gasteiger partial charge in [0.05, 0.1) is 5.41 Å². The van der Waals surface area contributed by atoms with Crippen LogP contribution in [-0.2, 0) is 5.41 Å². The summed E-state index contributed by atoms with van der Waals surface area (Å²) in [7, 11) is 0. The van der Waals surface area contributed by atoms with E-state index in [1.165, 1.54) is 33.4 Å². The first kappa shape index (κ1) is 13.9. The number of hydrogen-bond donors (Lipinski definition) is 0. The number of ether oxygens (including phenoxy) is 1. The van der Waals surface area contributed by atoms with E-state index < -0.39 is 0 Å². The van der Waals surface area contributed by atoms with Gasteiger partial charge in [0.2, 0.25) is 0 Å². The van der Waals surface area contributed by atoms with Gasteiger partial charge in [-0.05, 0) is 58.7 Å². The van der Waals surface area contributed by atoms with E-state index in [-0.39, 0.29) is 5.41 Å². The Morgan fingerprint density at radius 2 is 1.08 bits per heavy atom. The highest BCUT2D eigenvalue weighted by atomic mass is 16.5. The van der Waals surface area contributed by atoms with Gasteiger partial charge < -0.3 is 4.74 Å². The molecule has 0 amide bonds. The molecule has 2 aliphatic rings. The SMILES string of the molecule is [c]1ccc2c(c1)C1(c3ccccc3Oc3ccccc31)c1c[c]ccc1-2. The van der Waals surface area contributed by atoms with Crippen molar-refractivity contribution in [1.82, 2.24) is 0 Å². The number of para-hydroxylation sites is 2. The molecule has 1 heteroatoms. The lowest BCUT2D eigenvalue weighted by atomic mass is 9.66. The first-order valence-electron chi connectivity index (χ1n) is 8.79. The Kier molecular flexibility index (Phi) is 2.60. The molecule has 0 unspecified atom stereocenters. The second kappa shape index (κ2) is 4.86. The second-order valence-corrected chi connectivity index (χ2v) is 6.79. The third-order valence-corrected chi connectivity index (χ3v) is 5.63. The van der Waals surface area contributed by atoms with Gasteiger partial charge >= 0.3 is 0 Å². The van der Waals surface area contributed by atoms with Crippen molar-refractivity contribution in [3.63, 3.8) is 0 Å². The van der Waals surface area contributed by atoms with Crippen molar-refractivity contribution < 1.29 is 4.74 Å². The van der Waals surface area contributed by atoms with Gasteiger partial charge in [0.25, 0.3) is 0 Å². The van der Waals surface area contributed by atoms with Crippen LogP contribution in [0, 0.1) is 12.1 Å². The maximum absolute atomic E-state index is 6.27. The van der Waals surface area contributed by atoms with E-state index in [0.717, 1.165) is 11.5 Å². The number of benzene rings is 4. The highest BCUT2D eigenvalue weighted by Crippen LogP contribution is 2.61. The van der Waals surface area contributed by atoms with Gasteiger partial charge in [-0.1, -0.05) is 60.7 Å². The Morgan fingerprint density at radius 3 is 1.62 bits per heavy atom. The van der Waals surface area contributed by atoms with Gasteiger partial charge in [-0.2, -0.15) is 0 Å². The third-order valence-electron chi connectivity index (χ3n) is 5.63. The van der Waals surface area contributed by atoms with Crippen LogP contribution in [0.5, 0.6) is 11.5 Å². The molecular formula is C25H14O. The van der Waals surface area contributed by atoms with Crippen molar-refractivity contribution in [3.8, 4) is 22.6 Å². The minimum absolute atomic E-state index is 0.383. The van der Waals surface area contributed by atoms with Crippen LogP contribution in [0.4, 0.5) is 0 Å². The molecule has 0 N–H and O–H groups in total. The highest BCUT2D eigenvalue weighted by Gasteiger charge is 2.50. The summed E-state index contributed by atoms with van der Waals surface area (Å²) in [6.07, 6.45) is 0. The smallest absolute Gasteiger partial charge is 0.132 e. The molecule has 0 aromatic heterocycles. The quantitative estimate of drug-likeness (QED) is 0.344. The Hall–Kier alpha value is -3.32. The number of rotatable bonds is 0. The zero-order valence-corrected chi connectivity index (χ0v) is 14.0. The molecule has 120 valence electrons. The van der Waals surface area contributed by atoms with Crippen molar-refractivity contribution in [2.24, 2.45) is 0 Å². The fraction of sp³-hybridized carbons (Fsp3) is 0.0400. The molecule has 0 saturated carbocycles. The summed E-state index contributed by atoms with van der Waals surface area (Å²) < 4.78 is 6.27. The first-order chi connectivity index (χ1) is 12.9. The maximum atomic E-state index is 6.27. The molecule has 1 heterocycles. The predicted molar refractivity (Wildman–Crippen MR) is 101 cm³/mol. The molecule has 26 heavy (non-hydrogen) atoms. The molecule has 0 fully saturated rings. The molecule has 0 bridgehead atoms. The average Bonchev–Trinajstić information content (AvgIpc) is 3.00. The van der Waals surface area contributed by atoms with Gasteiger partial charge in [-0.15, -0.1) is 0 Å². The normalized spacial score (nSPS) is 14.8. The summed E-state index contributed by atoms with van der Waals surface area (Å²) in [5.41, 5.74) is 7.02. The van der Waals surface area contributed by atoms with Gasteiger partial charge in [0.1, 0.15) is 11.5 Å². The Bertz CT molecular complexity index is 1080. The van der Waals surface area contributed by atoms with E-state index in [9.17, 15) is 0 Å². The summed E-state index contributed by atoms with van der Waals surface area (Å²) in [6.45, 7) is 0. The van der Waals surface area contributed by atoms with E-state index in [1.54, 1.807) is 0 Å². The Labute approximate surface area is 152 Å². The van der Waals surface area contributed by atoms with Crippen molar-refractivity contribution in [2.75, 3.05) is 0 Å². The van der Waals surface area contributed by atoms with Crippen LogP contribution < -0.4 is 4.74 Å². The zero-order valence-electron chi connectivity index (χ0n) is 14.0. The molecule has 4 aromatic rings. The van der Waals surface area contributed by atoms with Crippen LogP contribution in [0.1, 0.15) is 22.3 Å².